The summed E-state index contributed by atoms with van der Waals surface area (Å²) in [5.74, 6) is -1.46. The molecule has 0 aliphatic carbocycles. The van der Waals surface area contributed by atoms with E-state index in [0.717, 1.165) is 6.07 Å². The molecule has 0 saturated carbocycles. The Hall–Kier alpha value is -2.89. The van der Waals surface area contributed by atoms with Gasteiger partial charge in [-0.15, -0.1) is 0 Å². The van der Waals surface area contributed by atoms with E-state index >= 15 is 0 Å². The van der Waals surface area contributed by atoms with Gasteiger partial charge in [0.15, 0.2) is 11.5 Å². The van der Waals surface area contributed by atoms with Crippen molar-refractivity contribution >= 4 is 11.9 Å². The van der Waals surface area contributed by atoms with Crippen molar-refractivity contribution < 1.29 is 28.2 Å². The van der Waals surface area contributed by atoms with E-state index in [9.17, 15) is 14.0 Å². The Balaban J connectivity index is 2.26. The first-order valence-corrected chi connectivity index (χ1v) is 6.71. The summed E-state index contributed by atoms with van der Waals surface area (Å²) in [6, 6.07) is 8.30. The number of rotatable bonds is 4. The molecule has 0 saturated heterocycles. The highest BCUT2D eigenvalue weighted by Gasteiger charge is 2.16. The summed E-state index contributed by atoms with van der Waals surface area (Å²) in [7, 11) is 2.63. The van der Waals surface area contributed by atoms with Gasteiger partial charge in [0.1, 0.15) is 5.82 Å². The molecule has 0 aliphatic heterocycles. The summed E-state index contributed by atoms with van der Waals surface area (Å²) in [4.78, 5) is 23.6. The molecule has 0 unspecified atom stereocenters. The highest BCUT2D eigenvalue weighted by Crippen LogP contribution is 2.29. The third-order valence-corrected chi connectivity index (χ3v) is 3.19. The SMILES string of the molecule is COC(=O)c1ccc(OC(=O)c2ccc(C)c(F)c2)c(OC)c1. The van der Waals surface area contributed by atoms with Gasteiger partial charge < -0.3 is 14.2 Å². The Labute approximate surface area is 132 Å². The second-order valence-electron chi connectivity index (χ2n) is 4.71. The molecule has 5 nitrogen and oxygen atoms in total. The minimum Gasteiger partial charge on any atom is -0.493 e. The minimum absolute atomic E-state index is 0.0761. The molecule has 0 radical (unpaired) electrons. The Morgan fingerprint density at radius 3 is 2.17 bits per heavy atom. The van der Waals surface area contributed by atoms with Gasteiger partial charge in [-0.25, -0.2) is 14.0 Å². The quantitative estimate of drug-likeness (QED) is 0.640. The maximum Gasteiger partial charge on any atom is 0.343 e. The van der Waals surface area contributed by atoms with Gasteiger partial charge in [-0.1, -0.05) is 6.07 Å². The number of aryl methyl sites for hydroxylation is 1. The summed E-state index contributed by atoms with van der Waals surface area (Å²) in [5.41, 5.74) is 0.763. The first-order valence-electron chi connectivity index (χ1n) is 6.71. The molecule has 0 bridgehead atoms. The Morgan fingerprint density at radius 1 is 0.913 bits per heavy atom. The molecule has 120 valence electrons. The van der Waals surface area contributed by atoms with Crippen LogP contribution in [0.15, 0.2) is 36.4 Å². The van der Waals surface area contributed by atoms with Crippen molar-refractivity contribution in [2.45, 2.75) is 6.92 Å². The van der Waals surface area contributed by atoms with Gasteiger partial charge in [0.2, 0.25) is 0 Å². The zero-order chi connectivity index (χ0) is 17.0. The van der Waals surface area contributed by atoms with Crippen LogP contribution in [0.1, 0.15) is 26.3 Å². The Bertz CT molecular complexity index is 755. The number of hydrogen-bond donors (Lipinski definition) is 0. The van der Waals surface area contributed by atoms with Gasteiger partial charge in [0.25, 0.3) is 0 Å². The third-order valence-electron chi connectivity index (χ3n) is 3.19. The normalized spacial score (nSPS) is 10.1. The number of carbonyl (C=O) groups is 2. The number of methoxy groups -OCH3 is 2. The van der Waals surface area contributed by atoms with Gasteiger partial charge in [0, 0.05) is 0 Å². The molecule has 2 rings (SSSR count). The van der Waals surface area contributed by atoms with Gasteiger partial charge in [-0.05, 0) is 42.8 Å². The van der Waals surface area contributed by atoms with E-state index in [1.807, 2.05) is 0 Å². The summed E-state index contributed by atoms with van der Waals surface area (Å²) in [5, 5.41) is 0. The van der Waals surface area contributed by atoms with Crippen LogP contribution in [0.25, 0.3) is 0 Å². The predicted octanol–water partition coefficient (Wildman–Crippen LogP) is 3.15. The van der Waals surface area contributed by atoms with Crippen LogP contribution in [0.3, 0.4) is 0 Å². The average molecular weight is 318 g/mol. The van der Waals surface area contributed by atoms with E-state index in [1.54, 1.807) is 6.92 Å². The van der Waals surface area contributed by atoms with Gasteiger partial charge >= 0.3 is 11.9 Å². The molecular weight excluding hydrogens is 303 g/mol. The fourth-order valence-corrected chi connectivity index (χ4v) is 1.88. The first kappa shape index (κ1) is 16.5. The van der Waals surface area contributed by atoms with Crippen LogP contribution in [0.2, 0.25) is 0 Å². The number of esters is 2. The number of benzene rings is 2. The number of hydrogen-bond acceptors (Lipinski definition) is 5. The van der Waals surface area contributed by atoms with Crippen molar-refractivity contribution in [2.24, 2.45) is 0 Å². The van der Waals surface area contributed by atoms with Crippen molar-refractivity contribution in [1.82, 2.24) is 0 Å². The molecule has 0 N–H and O–H groups in total. The molecule has 23 heavy (non-hydrogen) atoms. The first-order chi connectivity index (χ1) is 11.0. The highest BCUT2D eigenvalue weighted by molar-refractivity contribution is 5.92. The van der Waals surface area contributed by atoms with E-state index in [-0.39, 0.29) is 22.6 Å². The lowest BCUT2D eigenvalue weighted by Crippen LogP contribution is -2.10. The maximum atomic E-state index is 13.5. The molecule has 0 fully saturated rings. The molecule has 0 atom stereocenters. The third kappa shape index (κ3) is 3.66. The minimum atomic E-state index is -0.729. The maximum absolute atomic E-state index is 13.5. The van der Waals surface area contributed by atoms with Crippen LogP contribution in [-0.4, -0.2) is 26.2 Å². The van der Waals surface area contributed by atoms with Crippen LogP contribution in [-0.2, 0) is 4.74 Å². The van der Waals surface area contributed by atoms with Gasteiger partial charge in [-0.2, -0.15) is 0 Å². The molecule has 6 heteroatoms. The van der Waals surface area contributed by atoms with Crippen LogP contribution in [0.4, 0.5) is 4.39 Å². The molecule has 0 heterocycles. The molecule has 2 aromatic rings. The van der Waals surface area contributed by atoms with Crippen LogP contribution < -0.4 is 9.47 Å². The Kier molecular flexibility index (Phi) is 4.95. The van der Waals surface area contributed by atoms with E-state index in [2.05, 4.69) is 4.74 Å². The highest BCUT2D eigenvalue weighted by atomic mass is 19.1. The fraction of sp³-hybridized carbons (Fsp3) is 0.176. The summed E-state index contributed by atoms with van der Waals surface area (Å²) in [6.07, 6.45) is 0. The van der Waals surface area contributed by atoms with Crippen molar-refractivity contribution in [1.29, 1.82) is 0 Å². The molecule has 0 spiro atoms. The lowest BCUT2D eigenvalue weighted by Gasteiger charge is -2.10. The van der Waals surface area contributed by atoms with Crippen molar-refractivity contribution in [3.63, 3.8) is 0 Å². The molecule has 2 aromatic carbocycles. The number of halogens is 1. The lowest BCUT2D eigenvalue weighted by molar-refractivity contribution is 0.0600. The van der Waals surface area contributed by atoms with Crippen LogP contribution >= 0.6 is 0 Å². The second-order valence-corrected chi connectivity index (χ2v) is 4.71. The van der Waals surface area contributed by atoms with Crippen molar-refractivity contribution in [3.05, 3.63) is 58.9 Å². The van der Waals surface area contributed by atoms with E-state index < -0.39 is 17.8 Å². The molecule has 0 aliphatic rings. The Morgan fingerprint density at radius 2 is 1.57 bits per heavy atom. The summed E-state index contributed by atoms with van der Waals surface area (Å²) >= 11 is 0. The van der Waals surface area contributed by atoms with Gasteiger partial charge in [-0.3, -0.25) is 0 Å². The van der Waals surface area contributed by atoms with Gasteiger partial charge in [0.05, 0.1) is 25.3 Å². The predicted molar refractivity (Wildman–Crippen MR) is 80.4 cm³/mol. The zero-order valence-corrected chi connectivity index (χ0v) is 12.9. The zero-order valence-electron chi connectivity index (χ0n) is 12.9. The standard InChI is InChI=1S/C17H15FO5/c1-10-4-5-11(8-13(10)18)17(20)23-14-7-6-12(16(19)22-3)9-15(14)21-2/h4-9H,1-3H3. The molecule has 0 aromatic heterocycles. The topological polar surface area (TPSA) is 61.8 Å². The fourth-order valence-electron chi connectivity index (χ4n) is 1.88. The van der Waals surface area contributed by atoms with Crippen molar-refractivity contribution in [2.75, 3.05) is 14.2 Å². The number of ether oxygens (including phenoxy) is 3. The summed E-state index contributed by atoms with van der Waals surface area (Å²) < 4.78 is 28.4. The smallest absolute Gasteiger partial charge is 0.343 e. The van der Waals surface area contributed by atoms with Crippen LogP contribution in [0.5, 0.6) is 11.5 Å². The van der Waals surface area contributed by atoms with E-state index in [1.165, 1.54) is 44.6 Å². The largest absolute Gasteiger partial charge is 0.493 e. The van der Waals surface area contributed by atoms with Crippen LogP contribution in [0, 0.1) is 12.7 Å². The molecular formula is C17H15FO5. The molecule has 0 amide bonds. The second kappa shape index (κ2) is 6.91. The van der Waals surface area contributed by atoms with Crippen molar-refractivity contribution in [3.8, 4) is 11.5 Å². The lowest BCUT2D eigenvalue weighted by atomic mass is 10.1. The van der Waals surface area contributed by atoms with E-state index in [4.69, 9.17) is 9.47 Å². The monoisotopic (exact) mass is 318 g/mol. The summed E-state index contributed by atoms with van der Waals surface area (Å²) in [6.45, 7) is 1.60. The van der Waals surface area contributed by atoms with E-state index in [0.29, 0.717) is 5.56 Å². The number of carbonyl (C=O) groups excluding carboxylic acids is 2. The average Bonchev–Trinajstić information content (AvgIpc) is 2.56.